The van der Waals surface area contributed by atoms with Gasteiger partial charge >= 0.3 is 0 Å². The largest absolute Gasteiger partial charge is 0.353 e. The van der Waals surface area contributed by atoms with Crippen molar-refractivity contribution < 1.29 is 9.59 Å². The molecule has 2 fully saturated rings. The van der Waals surface area contributed by atoms with Crippen molar-refractivity contribution in [3.05, 3.63) is 33.4 Å². The van der Waals surface area contributed by atoms with Gasteiger partial charge in [0.25, 0.3) is 5.91 Å². The van der Waals surface area contributed by atoms with E-state index < -0.39 is 0 Å². The van der Waals surface area contributed by atoms with Gasteiger partial charge < -0.3 is 10.2 Å². The zero-order valence-electron chi connectivity index (χ0n) is 11.1. The maximum absolute atomic E-state index is 12.5. The molecule has 0 saturated carbocycles. The van der Waals surface area contributed by atoms with Crippen molar-refractivity contribution in [3.8, 4) is 0 Å². The van der Waals surface area contributed by atoms with Crippen molar-refractivity contribution in [1.29, 1.82) is 0 Å². The fourth-order valence-corrected chi connectivity index (χ4v) is 3.64. The molecule has 0 aromatic heterocycles. The monoisotopic (exact) mass is 384 g/mol. The van der Waals surface area contributed by atoms with Crippen LogP contribution in [-0.2, 0) is 4.79 Å². The number of amides is 2. The number of halogens is 1. The second-order valence-corrected chi connectivity index (χ2v) is 6.77. The van der Waals surface area contributed by atoms with Crippen LogP contribution >= 0.6 is 22.6 Å². The standard InChI is InChI=1S/C15H17IN2O2/c16-12-3-1-2-10(8-12)15(20)18-7-6-13-11(9-18)4-5-14(19)17-13/h1-3,8,11,13H,4-7,9H2,(H,17,19). The minimum Gasteiger partial charge on any atom is -0.353 e. The number of carbonyl (C=O) groups is 2. The Morgan fingerprint density at radius 1 is 1.35 bits per heavy atom. The molecule has 1 aromatic rings. The van der Waals surface area contributed by atoms with E-state index in [4.69, 9.17) is 0 Å². The molecule has 1 aromatic carbocycles. The molecule has 2 unspecified atom stereocenters. The average Bonchev–Trinajstić information content (AvgIpc) is 2.46. The first-order valence-corrected chi connectivity index (χ1v) is 8.05. The Kier molecular flexibility index (Phi) is 3.96. The number of piperidine rings is 2. The normalized spacial score (nSPS) is 25.9. The summed E-state index contributed by atoms with van der Waals surface area (Å²) in [6, 6.07) is 7.97. The predicted molar refractivity (Wildman–Crippen MR) is 84.3 cm³/mol. The van der Waals surface area contributed by atoms with Crippen molar-refractivity contribution >= 4 is 34.4 Å². The summed E-state index contributed by atoms with van der Waals surface area (Å²) in [4.78, 5) is 25.9. The predicted octanol–water partition coefficient (Wildman–Crippen LogP) is 2.03. The molecule has 2 aliphatic heterocycles. The number of nitrogens with zero attached hydrogens (tertiary/aromatic N) is 1. The van der Waals surface area contributed by atoms with E-state index in [1.165, 1.54) is 0 Å². The van der Waals surface area contributed by atoms with Crippen LogP contribution in [0, 0.1) is 9.49 Å². The van der Waals surface area contributed by atoms with Gasteiger partial charge in [0.05, 0.1) is 0 Å². The van der Waals surface area contributed by atoms with E-state index in [0.29, 0.717) is 12.3 Å². The molecule has 2 atom stereocenters. The molecule has 0 spiro atoms. The molecule has 5 heteroatoms. The molecule has 4 nitrogen and oxygen atoms in total. The van der Waals surface area contributed by atoms with Gasteiger partial charge in [-0.15, -0.1) is 0 Å². The summed E-state index contributed by atoms with van der Waals surface area (Å²) in [5.41, 5.74) is 0.759. The van der Waals surface area contributed by atoms with E-state index in [1.807, 2.05) is 29.2 Å². The third-order valence-corrected chi connectivity index (χ3v) is 4.85. The molecule has 2 amide bonds. The molecule has 2 aliphatic rings. The highest BCUT2D eigenvalue weighted by Gasteiger charge is 2.35. The van der Waals surface area contributed by atoms with Crippen molar-refractivity contribution in [1.82, 2.24) is 10.2 Å². The Morgan fingerprint density at radius 3 is 3.00 bits per heavy atom. The minimum absolute atomic E-state index is 0.110. The lowest BCUT2D eigenvalue weighted by Crippen LogP contribution is -2.55. The van der Waals surface area contributed by atoms with Crippen LogP contribution in [0.4, 0.5) is 0 Å². The van der Waals surface area contributed by atoms with E-state index in [1.54, 1.807) is 0 Å². The van der Waals surface area contributed by atoms with Gasteiger partial charge in [0.1, 0.15) is 0 Å². The highest BCUT2D eigenvalue weighted by Crippen LogP contribution is 2.26. The van der Waals surface area contributed by atoms with E-state index in [-0.39, 0.29) is 17.9 Å². The van der Waals surface area contributed by atoms with Gasteiger partial charge in [-0.25, -0.2) is 0 Å². The number of nitrogens with one attached hydrogen (secondary N) is 1. The lowest BCUT2D eigenvalue weighted by atomic mass is 9.85. The summed E-state index contributed by atoms with van der Waals surface area (Å²) in [6.07, 6.45) is 2.35. The topological polar surface area (TPSA) is 49.4 Å². The van der Waals surface area contributed by atoms with Gasteiger partial charge in [0, 0.05) is 34.7 Å². The number of likely N-dealkylation sites (tertiary alicyclic amines) is 1. The van der Waals surface area contributed by atoms with Crippen molar-refractivity contribution in [2.24, 2.45) is 5.92 Å². The summed E-state index contributed by atoms with van der Waals surface area (Å²) in [7, 11) is 0. The van der Waals surface area contributed by atoms with Crippen LogP contribution in [0.5, 0.6) is 0 Å². The van der Waals surface area contributed by atoms with Crippen LogP contribution in [0.3, 0.4) is 0 Å². The van der Waals surface area contributed by atoms with Crippen LogP contribution in [0.15, 0.2) is 24.3 Å². The first-order valence-electron chi connectivity index (χ1n) is 6.97. The van der Waals surface area contributed by atoms with Crippen LogP contribution in [0.1, 0.15) is 29.6 Å². The highest BCUT2D eigenvalue weighted by molar-refractivity contribution is 14.1. The number of carbonyl (C=O) groups excluding carboxylic acids is 2. The summed E-state index contributed by atoms with van der Waals surface area (Å²) in [5.74, 6) is 0.677. The van der Waals surface area contributed by atoms with Crippen molar-refractivity contribution in [2.75, 3.05) is 13.1 Å². The van der Waals surface area contributed by atoms with Gasteiger partial charge in [-0.05, 0) is 59.5 Å². The Labute approximate surface area is 132 Å². The average molecular weight is 384 g/mol. The molecule has 0 aliphatic carbocycles. The minimum atomic E-state index is 0.110. The number of hydrogen-bond donors (Lipinski definition) is 1. The number of benzene rings is 1. The number of rotatable bonds is 1. The summed E-state index contributed by atoms with van der Waals surface area (Å²) in [5, 5.41) is 3.05. The third-order valence-electron chi connectivity index (χ3n) is 4.18. The van der Waals surface area contributed by atoms with Gasteiger partial charge in [-0.2, -0.15) is 0 Å². The first-order chi connectivity index (χ1) is 9.63. The third kappa shape index (κ3) is 2.82. The molecule has 0 radical (unpaired) electrons. The second kappa shape index (κ2) is 5.71. The summed E-state index contributed by atoms with van der Waals surface area (Å²) < 4.78 is 1.08. The summed E-state index contributed by atoms with van der Waals surface area (Å²) >= 11 is 2.22. The molecular formula is C15H17IN2O2. The SMILES string of the molecule is O=C1CCC2CN(C(=O)c3cccc(I)c3)CCC2N1. The fourth-order valence-electron chi connectivity index (χ4n) is 3.10. The van der Waals surface area contributed by atoms with Crippen molar-refractivity contribution in [3.63, 3.8) is 0 Å². The molecule has 1 N–H and O–H groups in total. The van der Waals surface area contributed by atoms with Gasteiger partial charge in [0.15, 0.2) is 0 Å². The van der Waals surface area contributed by atoms with E-state index in [2.05, 4.69) is 27.9 Å². The fraction of sp³-hybridized carbons (Fsp3) is 0.467. The van der Waals surface area contributed by atoms with Gasteiger partial charge in [0.2, 0.25) is 5.91 Å². The lowest BCUT2D eigenvalue weighted by molar-refractivity contribution is -0.125. The van der Waals surface area contributed by atoms with Gasteiger partial charge in [-0.1, -0.05) is 6.07 Å². The van der Waals surface area contributed by atoms with Crippen LogP contribution in [0.2, 0.25) is 0 Å². The first kappa shape index (κ1) is 13.9. The van der Waals surface area contributed by atoms with E-state index in [9.17, 15) is 9.59 Å². The number of fused-ring (bicyclic) bond motifs is 1. The van der Waals surface area contributed by atoms with Crippen LogP contribution in [-0.4, -0.2) is 35.8 Å². The molecular weight excluding hydrogens is 367 g/mol. The number of hydrogen-bond acceptors (Lipinski definition) is 2. The summed E-state index contributed by atoms with van der Waals surface area (Å²) in [6.45, 7) is 1.49. The molecule has 3 rings (SSSR count). The molecule has 0 bridgehead atoms. The van der Waals surface area contributed by atoms with Gasteiger partial charge in [-0.3, -0.25) is 9.59 Å². The molecule has 2 saturated heterocycles. The highest BCUT2D eigenvalue weighted by atomic mass is 127. The van der Waals surface area contributed by atoms with Crippen molar-refractivity contribution in [2.45, 2.75) is 25.3 Å². The molecule has 2 heterocycles. The Morgan fingerprint density at radius 2 is 2.20 bits per heavy atom. The molecule has 106 valence electrons. The Bertz CT molecular complexity index is 546. The zero-order chi connectivity index (χ0) is 14.1. The second-order valence-electron chi connectivity index (χ2n) is 5.52. The Hall–Kier alpha value is -1.11. The van der Waals surface area contributed by atoms with E-state index in [0.717, 1.165) is 35.1 Å². The molecule has 20 heavy (non-hydrogen) atoms. The zero-order valence-corrected chi connectivity index (χ0v) is 13.3. The lowest BCUT2D eigenvalue weighted by Gasteiger charge is -2.41. The van der Waals surface area contributed by atoms with Crippen LogP contribution < -0.4 is 5.32 Å². The smallest absolute Gasteiger partial charge is 0.253 e. The maximum atomic E-state index is 12.5. The van der Waals surface area contributed by atoms with E-state index >= 15 is 0 Å². The quantitative estimate of drug-likeness (QED) is 0.754. The Balaban J connectivity index is 1.70. The van der Waals surface area contributed by atoms with Crippen LogP contribution in [0.25, 0.3) is 0 Å². The maximum Gasteiger partial charge on any atom is 0.253 e.